The van der Waals surface area contributed by atoms with Gasteiger partial charge in [-0.25, -0.2) is 4.79 Å². The van der Waals surface area contributed by atoms with Crippen LogP contribution in [0.25, 0.3) is 33.0 Å². The van der Waals surface area contributed by atoms with Gasteiger partial charge in [-0.15, -0.1) is 0 Å². The first-order valence-electron chi connectivity index (χ1n) is 11.3. The number of rotatable bonds is 8. The van der Waals surface area contributed by atoms with E-state index in [0.29, 0.717) is 24.3 Å². The summed E-state index contributed by atoms with van der Waals surface area (Å²) in [6.45, 7) is 0.329. The maximum Gasteiger partial charge on any atom is 0.336 e. The molecule has 0 bridgehead atoms. The van der Waals surface area contributed by atoms with E-state index in [-0.39, 0.29) is 12.5 Å². The number of amides is 1. The Kier molecular flexibility index (Phi) is 6.22. The minimum atomic E-state index is -0.443. The van der Waals surface area contributed by atoms with E-state index in [4.69, 9.17) is 13.9 Å². The Morgan fingerprint density at radius 2 is 1.80 bits per heavy atom. The van der Waals surface area contributed by atoms with E-state index in [2.05, 4.69) is 10.3 Å². The average molecular weight is 469 g/mol. The molecular weight excluding hydrogens is 444 g/mol. The second-order valence-corrected chi connectivity index (χ2v) is 8.12. The van der Waals surface area contributed by atoms with Gasteiger partial charge in [-0.3, -0.25) is 4.79 Å². The zero-order valence-electron chi connectivity index (χ0n) is 19.2. The van der Waals surface area contributed by atoms with E-state index in [1.807, 2.05) is 60.8 Å². The van der Waals surface area contributed by atoms with Crippen LogP contribution in [-0.4, -0.2) is 31.2 Å². The number of aromatic amines is 1. The molecule has 5 aromatic rings. The number of carbonyl (C=O) groups excluding carboxylic acids is 1. The number of aromatic nitrogens is 1. The third-order valence-corrected chi connectivity index (χ3v) is 5.86. The van der Waals surface area contributed by atoms with Crippen LogP contribution in [-0.2, 0) is 11.2 Å². The zero-order chi connectivity index (χ0) is 24.2. The zero-order valence-corrected chi connectivity index (χ0v) is 19.2. The van der Waals surface area contributed by atoms with Gasteiger partial charge in [0.05, 0.1) is 7.11 Å². The van der Waals surface area contributed by atoms with Crippen LogP contribution < -0.4 is 20.4 Å². The number of nitrogens with one attached hydrogen (secondary N) is 2. The molecule has 0 spiro atoms. The summed E-state index contributed by atoms with van der Waals surface area (Å²) in [5.41, 5.74) is 3.79. The number of hydrogen-bond acceptors (Lipinski definition) is 5. The van der Waals surface area contributed by atoms with E-state index >= 15 is 0 Å². The van der Waals surface area contributed by atoms with E-state index in [1.54, 1.807) is 19.2 Å². The van der Waals surface area contributed by atoms with Crippen molar-refractivity contribution in [3.8, 4) is 22.6 Å². The predicted octanol–water partition coefficient (Wildman–Crippen LogP) is 4.69. The minimum Gasteiger partial charge on any atom is -0.497 e. The Balaban J connectivity index is 1.21. The fourth-order valence-electron chi connectivity index (χ4n) is 4.12. The fourth-order valence-corrected chi connectivity index (χ4v) is 4.12. The number of methoxy groups -OCH3 is 1. The van der Waals surface area contributed by atoms with Crippen LogP contribution in [0.5, 0.6) is 11.5 Å². The summed E-state index contributed by atoms with van der Waals surface area (Å²) in [5.74, 6) is 1.00. The summed E-state index contributed by atoms with van der Waals surface area (Å²) in [6.07, 6.45) is 2.61. The van der Waals surface area contributed by atoms with Crippen LogP contribution in [0.2, 0.25) is 0 Å². The molecule has 0 saturated carbocycles. The Morgan fingerprint density at radius 1 is 0.971 bits per heavy atom. The van der Waals surface area contributed by atoms with E-state index < -0.39 is 5.63 Å². The van der Waals surface area contributed by atoms with Crippen molar-refractivity contribution in [2.75, 3.05) is 20.3 Å². The fraction of sp³-hybridized carbons (Fsp3) is 0.143. The molecule has 0 aliphatic rings. The number of benzene rings is 3. The van der Waals surface area contributed by atoms with Gasteiger partial charge < -0.3 is 24.2 Å². The quantitative estimate of drug-likeness (QED) is 0.322. The van der Waals surface area contributed by atoms with E-state index in [9.17, 15) is 9.59 Å². The van der Waals surface area contributed by atoms with Crippen molar-refractivity contribution in [1.29, 1.82) is 0 Å². The molecule has 0 saturated heterocycles. The normalized spacial score (nSPS) is 11.0. The van der Waals surface area contributed by atoms with Crippen LogP contribution in [0.3, 0.4) is 0 Å². The maximum atomic E-state index is 12.3. The van der Waals surface area contributed by atoms with Crippen molar-refractivity contribution in [3.63, 3.8) is 0 Å². The molecule has 2 heterocycles. The van der Waals surface area contributed by atoms with Gasteiger partial charge in [-0.2, -0.15) is 0 Å². The maximum absolute atomic E-state index is 12.3. The molecule has 3 aromatic carbocycles. The lowest BCUT2D eigenvalue weighted by Crippen LogP contribution is -2.30. The van der Waals surface area contributed by atoms with Crippen LogP contribution in [0.1, 0.15) is 5.56 Å². The second-order valence-electron chi connectivity index (χ2n) is 8.12. The van der Waals surface area contributed by atoms with Crippen LogP contribution in [0.4, 0.5) is 0 Å². The molecule has 0 atom stereocenters. The van der Waals surface area contributed by atoms with Crippen molar-refractivity contribution in [2.45, 2.75) is 6.42 Å². The van der Waals surface area contributed by atoms with E-state index in [0.717, 1.165) is 38.7 Å². The Bertz CT molecular complexity index is 1550. The molecule has 0 unspecified atom stereocenters. The number of H-pyrrole nitrogens is 1. The number of carbonyl (C=O) groups is 1. The highest BCUT2D eigenvalue weighted by Crippen LogP contribution is 2.29. The van der Waals surface area contributed by atoms with Gasteiger partial charge >= 0.3 is 5.63 Å². The van der Waals surface area contributed by atoms with Gasteiger partial charge in [0.1, 0.15) is 17.1 Å². The Hall–Kier alpha value is -4.52. The molecule has 0 fully saturated rings. The summed E-state index contributed by atoms with van der Waals surface area (Å²) in [4.78, 5) is 27.7. The monoisotopic (exact) mass is 468 g/mol. The third-order valence-electron chi connectivity index (χ3n) is 5.86. The molecule has 35 heavy (non-hydrogen) atoms. The Labute approximate surface area is 201 Å². The molecule has 7 nitrogen and oxygen atoms in total. The first-order chi connectivity index (χ1) is 17.1. The Morgan fingerprint density at radius 3 is 2.63 bits per heavy atom. The third kappa shape index (κ3) is 4.89. The summed E-state index contributed by atoms with van der Waals surface area (Å²) in [5, 5.41) is 4.74. The van der Waals surface area contributed by atoms with Gasteiger partial charge in [-0.1, -0.05) is 30.3 Å². The summed E-state index contributed by atoms with van der Waals surface area (Å²) in [7, 11) is 1.64. The lowest BCUT2D eigenvalue weighted by molar-refractivity contribution is -0.123. The van der Waals surface area contributed by atoms with Crippen LogP contribution in [0, 0.1) is 0 Å². The number of fused-ring (bicyclic) bond motifs is 2. The second kappa shape index (κ2) is 9.77. The molecule has 0 radical (unpaired) electrons. The molecule has 0 aliphatic carbocycles. The molecule has 0 aliphatic heterocycles. The summed E-state index contributed by atoms with van der Waals surface area (Å²) < 4.78 is 16.3. The first kappa shape index (κ1) is 22.3. The van der Waals surface area contributed by atoms with Crippen molar-refractivity contribution in [2.24, 2.45) is 0 Å². The van der Waals surface area contributed by atoms with Crippen molar-refractivity contribution in [3.05, 3.63) is 95.0 Å². The topological polar surface area (TPSA) is 93.6 Å². The standard InChI is InChI=1S/C28H24N2O5/c1-33-20-8-10-25-24(13-20)19(16-30-25)11-12-29-27(31)17-34-21-7-9-22-23(18-5-3-2-4-6-18)15-28(32)35-26(22)14-21/h2-10,13-16,30H,11-12,17H2,1H3,(H,29,31). The van der Waals surface area contributed by atoms with Crippen molar-refractivity contribution < 1.29 is 18.7 Å². The number of hydrogen-bond donors (Lipinski definition) is 2. The van der Waals surface area contributed by atoms with Crippen LogP contribution in [0.15, 0.2) is 88.2 Å². The van der Waals surface area contributed by atoms with Crippen LogP contribution >= 0.6 is 0 Å². The average Bonchev–Trinajstić information content (AvgIpc) is 3.29. The first-order valence-corrected chi connectivity index (χ1v) is 11.3. The highest BCUT2D eigenvalue weighted by molar-refractivity contribution is 5.93. The molecule has 5 rings (SSSR count). The van der Waals surface area contributed by atoms with Gasteiger partial charge in [0.2, 0.25) is 0 Å². The highest BCUT2D eigenvalue weighted by atomic mass is 16.5. The predicted molar refractivity (Wildman–Crippen MR) is 135 cm³/mol. The molecular formula is C28H24N2O5. The molecule has 7 heteroatoms. The molecule has 2 aromatic heterocycles. The highest BCUT2D eigenvalue weighted by Gasteiger charge is 2.11. The lowest BCUT2D eigenvalue weighted by atomic mass is 10.0. The molecule has 1 amide bonds. The van der Waals surface area contributed by atoms with Gasteiger partial charge in [-0.05, 0) is 53.4 Å². The van der Waals surface area contributed by atoms with Gasteiger partial charge in [0.25, 0.3) is 5.91 Å². The molecule has 176 valence electrons. The van der Waals surface area contributed by atoms with Gasteiger partial charge in [0, 0.05) is 41.2 Å². The van der Waals surface area contributed by atoms with Crippen molar-refractivity contribution in [1.82, 2.24) is 10.3 Å². The molecule has 2 N–H and O–H groups in total. The van der Waals surface area contributed by atoms with E-state index in [1.165, 1.54) is 6.07 Å². The SMILES string of the molecule is COc1ccc2[nH]cc(CCNC(=O)COc3ccc4c(-c5ccccc5)cc(=O)oc4c3)c2c1. The minimum absolute atomic E-state index is 0.143. The summed E-state index contributed by atoms with van der Waals surface area (Å²) >= 11 is 0. The lowest BCUT2D eigenvalue weighted by Gasteiger charge is -2.10. The van der Waals surface area contributed by atoms with Gasteiger partial charge in [0.15, 0.2) is 6.61 Å². The largest absolute Gasteiger partial charge is 0.497 e. The number of ether oxygens (including phenoxy) is 2. The summed E-state index contributed by atoms with van der Waals surface area (Å²) in [6, 6.07) is 22.2. The smallest absolute Gasteiger partial charge is 0.336 e. The van der Waals surface area contributed by atoms with Crippen molar-refractivity contribution >= 4 is 27.8 Å².